The molecule has 4 fully saturated rings. The van der Waals surface area contributed by atoms with Gasteiger partial charge in [0.05, 0.1) is 38.5 Å². The van der Waals surface area contributed by atoms with Crippen molar-refractivity contribution in [2.75, 3.05) is 38.8 Å². The molecule has 6 rings (SSSR count). The first-order valence-corrected chi connectivity index (χ1v) is 11.2. The van der Waals surface area contributed by atoms with E-state index in [1.54, 1.807) is 14.2 Å². The highest BCUT2D eigenvalue weighted by Crippen LogP contribution is 2.66. The molecule has 1 spiro atoms. The molecular weight excluding hydrogens is 380 g/mol. The molecule has 0 N–H and O–H groups in total. The number of ether oxygens (including phenoxy) is 3. The van der Waals surface area contributed by atoms with Gasteiger partial charge in [-0.3, -0.25) is 9.69 Å². The number of fused-ring (bicyclic) bond motifs is 4. The lowest BCUT2D eigenvalue weighted by Gasteiger charge is -2.59. The van der Waals surface area contributed by atoms with Crippen molar-refractivity contribution in [3.63, 3.8) is 0 Å². The molecule has 1 aromatic rings. The quantitative estimate of drug-likeness (QED) is 0.715. The Morgan fingerprint density at radius 2 is 2.00 bits per heavy atom. The van der Waals surface area contributed by atoms with Crippen LogP contribution >= 0.6 is 0 Å². The summed E-state index contributed by atoms with van der Waals surface area (Å²) in [5.41, 5.74) is 3.53. The van der Waals surface area contributed by atoms with Crippen molar-refractivity contribution in [2.45, 2.75) is 49.8 Å². The Balaban J connectivity index is 1.61. The Bertz CT molecular complexity index is 945. The molecule has 4 heterocycles. The summed E-state index contributed by atoms with van der Waals surface area (Å²) in [5.74, 6) is 2.30. The Labute approximate surface area is 177 Å². The Morgan fingerprint density at radius 3 is 2.73 bits per heavy atom. The first kappa shape index (κ1) is 18.7. The van der Waals surface area contributed by atoms with E-state index in [0.29, 0.717) is 30.7 Å². The lowest BCUT2D eigenvalue weighted by molar-refractivity contribution is -0.134. The maximum Gasteiger partial charge on any atom is 0.229 e. The number of nitrogens with zero attached hydrogens (tertiary/aromatic N) is 2. The molecule has 6 nitrogen and oxygen atoms in total. The zero-order valence-electron chi connectivity index (χ0n) is 18.0. The van der Waals surface area contributed by atoms with E-state index in [2.05, 4.69) is 22.4 Å². The highest BCUT2D eigenvalue weighted by Gasteiger charge is 2.70. The summed E-state index contributed by atoms with van der Waals surface area (Å²) in [6, 6.07) is 4.73. The zero-order chi connectivity index (χ0) is 20.8. The number of anilines is 1. The molecule has 6 atom stereocenters. The van der Waals surface area contributed by atoms with Gasteiger partial charge in [0.2, 0.25) is 5.91 Å². The molecular formula is C24H30N2O4. The van der Waals surface area contributed by atoms with Crippen LogP contribution in [0, 0.1) is 11.8 Å². The van der Waals surface area contributed by atoms with Gasteiger partial charge in [-0.1, -0.05) is 12.2 Å². The maximum atomic E-state index is 13.5. The maximum absolute atomic E-state index is 13.5. The second-order valence-corrected chi connectivity index (χ2v) is 9.49. The van der Waals surface area contributed by atoms with Crippen LogP contribution in [0.1, 0.15) is 31.7 Å². The Kier molecular flexibility index (Phi) is 3.89. The van der Waals surface area contributed by atoms with Gasteiger partial charge in [-0.15, -0.1) is 0 Å². The van der Waals surface area contributed by atoms with Gasteiger partial charge in [0, 0.05) is 36.6 Å². The molecule has 1 aliphatic carbocycles. The fraction of sp³-hybridized carbons (Fsp3) is 0.625. The van der Waals surface area contributed by atoms with Crippen molar-refractivity contribution in [2.24, 2.45) is 11.8 Å². The molecule has 4 aliphatic heterocycles. The van der Waals surface area contributed by atoms with Gasteiger partial charge in [0.15, 0.2) is 11.5 Å². The van der Waals surface area contributed by atoms with Crippen molar-refractivity contribution in [1.82, 2.24) is 4.90 Å². The summed E-state index contributed by atoms with van der Waals surface area (Å²) >= 11 is 0. The first-order chi connectivity index (χ1) is 14.5. The fourth-order valence-electron chi connectivity index (χ4n) is 7.66. The number of methoxy groups -OCH3 is 2. The molecule has 3 saturated heterocycles. The van der Waals surface area contributed by atoms with E-state index in [1.165, 1.54) is 11.1 Å². The number of carbonyl (C=O) groups excluding carboxylic acids is 1. The summed E-state index contributed by atoms with van der Waals surface area (Å²) in [7, 11) is 3.34. The van der Waals surface area contributed by atoms with Crippen LogP contribution in [-0.4, -0.2) is 62.9 Å². The molecule has 0 aromatic heterocycles. The van der Waals surface area contributed by atoms with Gasteiger partial charge in [0.1, 0.15) is 0 Å². The van der Waals surface area contributed by atoms with Crippen molar-refractivity contribution < 1.29 is 19.0 Å². The lowest BCUT2D eigenvalue weighted by atomic mass is 9.53. The van der Waals surface area contributed by atoms with Crippen LogP contribution in [0.3, 0.4) is 0 Å². The monoisotopic (exact) mass is 410 g/mol. The van der Waals surface area contributed by atoms with Crippen LogP contribution in [0.25, 0.3) is 0 Å². The minimum absolute atomic E-state index is 0.0337. The standard InChI is InChI=1S/C24H30N2O4/c1-5-30-19-11-21(27)26-16-10-18(29-4)17(28-3)9-15(16)24-6-7-25-12-13(2)14(8-20(24)25)22(19)23(24)26/h9-10,14,19-20,22-23H,2,5-8,11-12H2,1,3-4H3/t14-,19+,20+,22?,23+,24-/m1/s1. The zero-order valence-corrected chi connectivity index (χ0v) is 18.0. The van der Waals surface area contributed by atoms with E-state index in [1.807, 2.05) is 13.0 Å². The third-order valence-corrected chi connectivity index (χ3v) is 8.61. The summed E-state index contributed by atoms with van der Waals surface area (Å²) in [6.45, 7) is 9.17. The molecule has 1 aromatic carbocycles. The number of hydrogen-bond acceptors (Lipinski definition) is 5. The van der Waals surface area contributed by atoms with Crippen molar-refractivity contribution in [3.05, 3.63) is 29.8 Å². The summed E-state index contributed by atoms with van der Waals surface area (Å²) in [4.78, 5) is 18.2. The van der Waals surface area contributed by atoms with Gasteiger partial charge >= 0.3 is 0 Å². The molecule has 30 heavy (non-hydrogen) atoms. The van der Waals surface area contributed by atoms with E-state index >= 15 is 0 Å². The van der Waals surface area contributed by atoms with Crippen LogP contribution in [-0.2, 0) is 14.9 Å². The topological polar surface area (TPSA) is 51.2 Å². The van der Waals surface area contributed by atoms with Crippen LogP contribution < -0.4 is 14.4 Å². The normalized spacial score (nSPS) is 38.5. The summed E-state index contributed by atoms with van der Waals surface area (Å²) < 4.78 is 17.5. The van der Waals surface area contributed by atoms with Crippen molar-refractivity contribution in [1.29, 1.82) is 0 Å². The van der Waals surface area contributed by atoms with Gasteiger partial charge in [-0.05, 0) is 43.9 Å². The fourth-order valence-corrected chi connectivity index (χ4v) is 7.66. The van der Waals surface area contributed by atoms with Gasteiger partial charge in [-0.2, -0.15) is 0 Å². The minimum Gasteiger partial charge on any atom is -0.493 e. The van der Waals surface area contributed by atoms with E-state index in [4.69, 9.17) is 14.2 Å². The van der Waals surface area contributed by atoms with E-state index < -0.39 is 0 Å². The van der Waals surface area contributed by atoms with E-state index in [0.717, 1.165) is 37.4 Å². The molecule has 160 valence electrons. The average Bonchev–Trinajstić information content (AvgIpc) is 3.27. The van der Waals surface area contributed by atoms with E-state index in [9.17, 15) is 4.79 Å². The highest BCUT2D eigenvalue weighted by molar-refractivity contribution is 5.99. The minimum atomic E-state index is -0.0673. The number of benzene rings is 1. The Hall–Kier alpha value is -2.05. The summed E-state index contributed by atoms with van der Waals surface area (Å²) in [5, 5.41) is 0. The lowest BCUT2D eigenvalue weighted by Crippen LogP contribution is -2.69. The number of piperidine rings is 2. The molecule has 1 unspecified atom stereocenters. The smallest absolute Gasteiger partial charge is 0.229 e. The second-order valence-electron chi connectivity index (χ2n) is 9.49. The Morgan fingerprint density at radius 1 is 1.23 bits per heavy atom. The van der Waals surface area contributed by atoms with Crippen LogP contribution in [0.2, 0.25) is 0 Å². The van der Waals surface area contributed by atoms with Crippen molar-refractivity contribution >= 4 is 11.6 Å². The molecule has 1 saturated carbocycles. The molecule has 6 heteroatoms. The van der Waals surface area contributed by atoms with Gasteiger partial charge in [0.25, 0.3) is 0 Å². The van der Waals surface area contributed by atoms with Gasteiger partial charge in [-0.25, -0.2) is 0 Å². The van der Waals surface area contributed by atoms with Crippen LogP contribution in [0.15, 0.2) is 24.3 Å². The third-order valence-electron chi connectivity index (χ3n) is 8.61. The second kappa shape index (κ2) is 6.24. The first-order valence-electron chi connectivity index (χ1n) is 11.2. The van der Waals surface area contributed by atoms with Crippen LogP contribution in [0.5, 0.6) is 11.5 Å². The largest absolute Gasteiger partial charge is 0.493 e. The SMILES string of the molecule is C=C1CN2CC[C@@]34c5cc(OC)c(OC)cc5N5C(=O)C[C@H](OCC)C([C@@H]1C[C@H]23)[C@H]54. The van der Waals surface area contributed by atoms with Gasteiger partial charge < -0.3 is 19.1 Å². The third kappa shape index (κ3) is 2.04. The number of rotatable bonds is 4. The molecule has 2 bridgehead atoms. The molecule has 1 amide bonds. The predicted molar refractivity (Wildman–Crippen MR) is 113 cm³/mol. The highest BCUT2D eigenvalue weighted by atomic mass is 16.5. The van der Waals surface area contributed by atoms with Crippen molar-refractivity contribution in [3.8, 4) is 11.5 Å². The summed E-state index contributed by atoms with van der Waals surface area (Å²) in [6.07, 6.45) is 2.58. The predicted octanol–water partition coefficient (Wildman–Crippen LogP) is 2.75. The van der Waals surface area contributed by atoms with E-state index in [-0.39, 0.29) is 29.4 Å². The van der Waals surface area contributed by atoms with Crippen LogP contribution in [0.4, 0.5) is 5.69 Å². The number of amides is 1. The number of hydrogen-bond donors (Lipinski definition) is 0. The molecule has 0 radical (unpaired) electrons. The average molecular weight is 411 g/mol. The number of carbonyl (C=O) groups is 1. The molecule has 5 aliphatic rings.